The summed E-state index contributed by atoms with van der Waals surface area (Å²) in [4.78, 5) is 4.24. The summed E-state index contributed by atoms with van der Waals surface area (Å²) in [5, 5.41) is 1.15. The predicted octanol–water partition coefficient (Wildman–Crippen LogP) is 3.20. The van der Waals surface area contributed by atoms with Crippen LogP contribution in [-0.2, 0) is 9.84 Å². The number of pyridine rings is 1. The molecule has 1 heterocycles. The van der Waals surface area contributed by atoms with Gasteiger partial charge in [0.15, 0.2) is 14.9 Å². The van der Waals surface area contributed by atoms with Crippen molar-refractivity contribution in [3.05, 3.63) is 36.4 Å². The van der Waals surface area contributed by atoms with Gasteiger partial charge in [-0.3, -0.25) is 0 Å². The van der Waals surface area contributed by atoms with E-state index in [1.165, 1.54) is 0 Å². The summed E-state index contributed by atoms with van der Waals surface area (Å²) in [5.74, 6) is 0.187. The quantitative estimate of drug-likeness (QED) is 0.778. The summed E-state index contributed by atoms with van der Waals surface area (Å²) >= 11 is 0. The molecule has 0 saturated heterocycles. The average Bonchev–Trinajstić information content (AvgIpc) is 2.38. The molecular formula is C14H17NO2S. The second kappa shape index (κ2) is 5.48. The molecule has 96 valence electrons. The molecule has 18 heavy (non-hydrogen) atoms. The van der Waals surface area contributed by atoms with Crippen LogP contribution in [0.4, 0.5) is 0 Å². The molecule has 0 bridgehead atoms. The summed E-state index contributed by atoms with van der Waals surface area (Å²) in [6, 6.07) is 11.0. The summed E-state index contributed by atoms with van der Waals surface area (Å²) in [7, 11) is -3.24. The summed E-state index contributed by atoms with van der Waals surface area (Å²) < 4.78 is 24.2. The summed E-state index contributed by atoms with van der Waals surface area (Å²) in [6.07, 6.45) is 2.65. The number of nitrogens with zero attached hydrogens (tertiary/aromatic N) is 1. The normalized spacial score (nSPS) is 11.8. The van der Waals surface area contributed by atoms with Gasteiger partial charge in [0.25, 0.3) is 0 Å². The van der Waals surface area contributed by atoms with Gasteiger partial charge in [0.05, 0.1) is 11.3 Å². The Balaban J connectivity index is 2.30. The molecule has 0 N–H and O–H groups in total. The maximum Gasteiger partial charge on any atom is 0.195 e. The molecule has 2 aromatic rings. The van der Waals surface area contributed by atoms with Crippen molar-refractivity contribution < 1.29 is 8.42 Å². The largest absolute Gasteiger partial charge is 0.236 e. The third-order valence-corrected chi connectivity index (χ3v) is 4.60. The van der Waals surface area contributed by atoms with Gasteiger partial charge in [-0.25, -0.2) is 13.4 Å². The van der Waals surface area contributed by atoms with Gasteiger partial charge in [-0.05, 0) is 24.6 Å². The van der Waals surface area contributed by atoms with Crippen molar-refractivity contribution in [2.75, 3.05) is 5.75 Å². The van der Waals surface area contributed by atoms with E-state index in [0.717, 1.165) is 23.7 Å². The van der Waals surface area contributed by atoms with Gasteiger partial charge >= 0.3 is 0 Å². The Hall–Kier alpha value is -1.42. The number of hydrogen-bond donors (Lipinski definition) is 0. The molecule has 0 spiro atoms. The summed E-state index contributed by atoms with van der Waals surface area (Å²) in [6.45, 7) is 2.06. The molecule has 0 radical (unpaired) electrons. The lowest BCUT2D eigenvalue weighted by molar-refractivity contribution is 0.588. The van der Waals surface area contributed by atoms with E-state index in [4.69, 9.17) is 0 Å². The predicted molar refractivity (Wildman–Crippen MR) is 73.3 cm³/mol. The Labute approximate surface area is 108 Å². The molecule has 0 atom stereocenters. The molecule has 0 saturated carbocycles. The first-order chi connectivity index (χ1) is 8.63. The van der Waals surface area contributed by atoms with Gasteiger partial charge < -0.3 is 0 Å². The standard InChI is InChI=1S/C14H17NO2S/c1-2-3-6-11-18(16,17)14-10-9-12-7-4-5-8-13(12)15-14/h4-5,7-10H,2-3,6,11H2,1H3. The molecule has 0 aliphatic rings. The van der Waals surface area contributed by atoms with Crippen molar-refractivity contribution in [1.29, 1.82) is 0 Å². The molecule has 2 rings (SSSR count). The van der Waals surface area contributed by atoms with Crippen molar-refractivity contribution in [2.45, 2.75) is 31.2 Å². The van der Waals surface area contributed by atoms with Crippen LogP contribution in [0.25, 0.3) is 10.9 Å². The fraction of sp³-hybridized carbons (Fsp3) is 0.357. The zero-order chi connectivity index (χ0) is 13.0. The minimum atomic E-state index is -3.24. The highest BCUT2D eigenvalue weighted by Crippen LogP contribution is 2.16. The van der Waals surface area contributed by atoms with Crippen LogP contribution in [0.3, 0.4) is 0 Å². The second-order valence-electron chi connectivity index (χ2n) is 4.37. The van der Waals surface area contributed by atoms with Gasteiger partial charge in [-0.1, -0.05) is 38.0 Å². The molecule has 0 amide bonds. The number of fused-ring (bicyclic) bond motifs is 1. The van der Waals surface area contributed by atoms with Gasteiger partial charge in [0.2, 0.25) is 0 Å². The maximum absolute atomic E-state index is 12.1. The van der Waals surface area contributed by atoms with E-state index < -0.39 is 9.84 Å². The van der Waals surface area contributed by atoms with Crippen molar-refractivity contribution in [2.24, 2.45) is 0 Å². The first-order valence-corrected chi connectivity index (χ1v) is 7.87. The highest BCUT2D eigenvalue weighted by atomic mass is 32.2. The molecule has 0 fully saturated rings. The fourth-order valence-electron chi connectivity index (χ4n) is 1.87. The third-order valence-electron chi connectivity index (χ3n) is 2.91. The van der Waals surface area contributed by atoms with Crippen LogP contribution in [0.2, 0.25) is 0 Å². The average molecular weight is 263 g/mol. The fourth-order valence-corrected chi connectivity index (χ4v) is 3.17. The zero-order valence-electron chi connectivity index (χ0n) is 10.5. The number of benzene rings is 1. The van der Waals surface area contributed by atoms with Gasteiger partial charge in [-0.2, -0.15) is 0 Å². The Bertz CT molecular complexity index is 635. The number of unbranched alkanes of at least 4 members (excludes halogenated alkanes) is 2. The van der Waals surface area contributed by atoms with E-state index in [-0.39, 0.29) is 10.8 Å². The maximum atomic E-state index is 12.1. The Morgan fingerprint density at radius 1 is 1.06 bits per heavy atom. The van der Waals surface area contributed by atoms with E-state index in [1.54, 1.807) is 6.07 Å². The number of aromatic nitrogens is 1. The monoisotopic (exact) mass is 263 g/mol. The molecule has 0 unspecified atom stereocenters. The highest BCUT2D eigenvalue weighted by molar-refractivity contribution is 7.91. The van der Waals surface area contributed by atoms with Crippen molar-refractivity contribution >= 4 is 20.7 Å². The molecule has 0 aliphatic carbocycles. The van der Waals surface area contributed by atoms with Crippen LogP contribution >= 0.6 is 0 Å². The summed E-state index contributed by atoms with van der Waals surface area (Å²) in [5.41, 5.74) is 0.731. The molecule has 4 heteroatoms. The van der Waals surface area contributed by atoms with E-state index in [1.807, 2.05) is 30.3 Å². The number of sulfone groups is 1. The van der Waals surface area contributed by atoms with Crippen LogP contribution in [0.5, 0.6) is 0 Å². The van der Waals surface area contributed by atoms with Crippen LogP contribution < -0.4 is 0 Å². The van der Waals surface area contributed by atoms with Crippen LogP contribution in [0.1, 0.15) is 26.2 Å². The second-order valence-corrected chi connectivity index (χ2v) is 6.42. The minimum Gasteiger partial charge on any atom is -0.236 e. The zero-order valence-corrected chi connectivity index (χ0v) is 11.3. The topological polar surface area (TPSA) is 47.0 Å². The molecular weight excluding hydrogens is 246 g/mol. The van der Waals surface area contributed by atoms with Gasteiger partial charge in [-0.15, -0.1) is 0 Å². The molecule has 0 aliphatic heterocycles. The SMILES string of the molecule is CCCCCS(=O)(=O)c1ccc2ccccc2n1. The highest BCUT2D eigenvalue weighted by Gasteiger charge is 2.15. The van der Waals surface area contributed by atoms with E-state index in [0.29, 0.717) is 6.42 Å². The Morgan fingerprint density at radius 3 is 2.61 bits per heavy atom. The van der Waals surface area contributed by atoms with E-state index in [9.17, 15) is 8.42 Å². The van der Waals surface area contributed by atoms with Crippen LogP contribution in [-0.4, -0.2) is 19.2 Å². The number of rotatable bonds is 5. The molecule has 1 aromatic carbocycles. The smallest absolute Gasteiger partial charge is 0.195 e. The lowest BCUT2D eigenvalue weighted by atomic mass is 10.2. The van der Waals surface area contributed by atoms with E-state index >= 15 is 0 Å². The first kappa shape index (κ1) is 13.0. The Kier molecular flexibility index (Phi) is 3.97. The number of para-hydroxylation sites is 1. The number of hydrogen-bond acceptors (Lipinski definition) is 3. The van der Waals surface area contributed by atoms with Gasteiger partial charge in [0.1, 0.15) is 0 Å². The van der Waals surface area contributed by atoms with Crippen LogP contribution in [0.15, 0.2) is 41.4 Å². The Morgan fingerprint density at radius 2 is 1.83 bits per heavy atom. The first-order valence-electron chi connectivity index (χ1n) is 6.22. The van der Waals surface area contributed by atoms with Gasteiger partial charge in [0, 0.05) is 5.39 Å². The lowest BCUT2D eigenvalue weighted by Gasteiger charge is -2.04. The van der Waals surface area contributed by atoms with Crippen molar-refractivity contribution in [3.8, 4) is 0 Å². The van der Waals surface area contributed by atoms with Crippen molar-refractivity contribution in [1.82, 2.24) is 4.98 Å². The van der Waals surface area contributed by atoms with Crippen LogP contribution in [0, 0.1) is 0 Å². The minimum absolute atomic E-state index is 0.187. The molecule has 3 nitrogen and oxygen atoms in total. The third kappa shape index (κ3) is 2.88. The van der Waals surface area contributed by atoms with Crippen molar-refractivity contribution in [3.63, 3.8) is 0 Å². The van der Waals surface area contributed by atoms with E-state index in [2.05, 4.69) is 11.9 Å². The molecule has 1 aromatic heterocycles. The lowest BCUT2D eigenvalue weighted by Crippen LogP contribution is -2.08.